The molecule has 2 rings (SSSR count). The summed E-state index contributed by atoms with van der Waals surface area (Å²) in [5, 5.41) is 0. The van der Waals surface area contributed by atoms with E-state index in [2.05, 4.69) is 39.0 Å². The van der Waals surface area contributed by atoms with Gasteiger partial charge in [-0.3, -0.25) is 0 Å². The quantitative estimate of drug-likeness (QED) is 0.782. The number of fused-ring (bicyclic) bond motifs is 1. The molecule has 0 aliphatic carbocycles. The highest BCUT2D eigenvalue weighted by Crippen LogP contribution is 2.31. The SMILES string of the molecule is CC(C)(C)OC(=O)N1CC[C@@H](N)c2cc(C(C)(C)C)ccc2C1. The first kappa shape index (κ1) is 17.8. The normalized spacial score (nSPS) is 19.1. The summed E-state index contributed by atoms with van der Waals surface area (Å²) in [6, 6.07) is 6.42. The largest absolute Gasteiger partial charge is 0.444 e. The minimum Gasteiger partial charge on any atom is -0.444 e. The van der Waals surface area contributed by atoms with E-state index in [1.165, 1.54) is 5.56 Å². The smallest absolute Gasteiger partial charge is 0.410 e. The summed E-state index contributed by atoms with van der Waals surface area (Å²) < 4.78 is 5.51. The Morgan fingerprint density at radius 2 is 1.87 bits per heavy atom. The van der Waals surface area contributed by atoms with Crippen LogP contribution in [0.2, 0.25) is 0 Å². The number of ether oxygens (including phenoxy) is 1. The van der Waals surface area contributed by atoms with E-state index < -0.39 is 5.60 Å². The van der Waals surface area contributed by atoms with Crippen LogP contribution < -0.4 is 5.73 Å². The van der Waals surface area contributed by atoms with Crippen molar-refractivity contribution < 1.29 is 9.53 Å². The van der Waals surface area contributed by atoms with Gasteiger partial charge in [-0.25, -0.2) is 4.79 Å². The van der Waals surface area contributed by atoms with Gasteiger partial charge in [0.15, 0.2) is 0 Å². The second kappa shape index (κ2) is 6.16. The summed E-state index contributed by atoms with van der Waals surface area (Å²) in [5.74, 6) is 0. The maximum atomic E-state index is 12.4. The van der Waals surface area contributed by atoms with Crippen LogP contribution in [0, 0.1) is 0 Å². The number of carbonyl (C=O) groups is 1. The van der Waals surface area contributed by atoms with E-state index in [0.717, 1.165) is 17.5 Å². The van der Waals surface area contributed by atoms with Gasteiger partial charge in [-0.2, -0.15) is 0 Å². The molecule has 0 spiro atoms. The predicted octanol–water partition coefficient (Wildman–Crippen LogP) is 4.12. The number of benzene rings is 1. The molecule has 0 unspecified atom stereocenters. The first-order chi connectivity index (χ1) is 10.5. The maximum absolute atomic E-state index is 12.4. The van der Waals surface area contributed by atoms with E-state index in [-0.39, 0.29) is 17.6 Å². The van der Waals surface area contributed by atoms with E-state index in [4.69, 9.17) is 10.5 Å². The van der Waals surface area contributed by atoms with Crippen LogP contribution in [0.1, 0.15) is 70.7 Å². The minimum absolute atomic E-state index is 0.0419. The standard InChI is InChI=1S/C19H30N2O2/c1-18(2,3)14-8-7-13-12-21(17(22)23-19(4,5)6)10-9-16(20)15(13)11-14/h7-8,11,16H,9-10,12,20H2,1-6H3/t16-/m1/s1. The zero-order valence-corrected chi connectivity index (χ0v) is 15.3. The van der Waals surface area contributed by atoms with Crippen molar-refractivity contribution in [2.75, 3.05) is 6.54 Å². The third-order valence-electron chi connectivity index (χ3n) is 4.13. The summed E-state index contributed by atoms with van der Waals surface area (Å²) in [5.41, 5.74) is 9.53. The lowest BCUT2D eigenvalue weighted by Crippen LogP contribution is -2.36. The topological polar surface area (TPSA) is 55.6 Å². The van der Waals surface area contributed by atoms with Crippen molar-refractivity contribution in [1.82, 2.24) is 4.90 Å². The highest BCUT2D eigenvalue weighted by atomic mass is 16.6. The molecule has 128 valence electrons. The van der Waals surface area contributed by atoms with Crippen molar-refractivity contribution in [3.8, 4) is 0 Å². The maximum Gasteiger partial charge on any atom is 0.410 e. The van der Waals surface area contributed by atoms with Crippen molar-refractivity contribution in [2.24, 2.45) is 5.73 Å². The molecule has 4 nitrogen and oxygen atoms in total. The third-order valence-corrected chi connectivity index (χ3v) is 4.13. The molecule has 0 saturated carbocycles. The van der Waals surface area contributed by atoms with E-state index in [0.29, 0.717) is 13.1 Å². The number of nitrogens with two attached hydrogens (primary N) is 1. The fourth-order valence-corrected chi connectivity index (χ4v) is 2.77. The van der Waals surface area contributed by atoms with Crippen LogP contribution in [-0.2, 0) is 16.7 Å². The summed E-state index contributed by atoms with van der Waals surface area (Å²) in [7, 11) is 0. The molecule has 0 saturated heterocycles. The monoisotopic (exact) mass is 318 g/mol. The third kappa shape index (κ3) is 4.47. The Morgan fingerprint density at radius 3 is 2.43 bits per heavy atom. The Morgan fingerprint density at radius 1 is 1.22 bits per heavy atom. The van der Waals surface area contributed by atoms with Crippen molar-refractivity contribution in [1.29, 1.82) is 0 Å². The first-order valence-corrected chi connectivity index (χ1v) is 8.34. The number of amides is 1. The van der Waals surface area contributed by atoms with E-state index in [1.54, 1.807) is 4.90 Å². The van der Waals surface area contributed by atoms with Crippen molar-refractivity contribution in [2.45, 2.75) is 71.6 Å². The summed E-state index contributed by atoms with van der Waals surface area (Å²) in [6.07, 6.45) is 0.484. The van der Waals surface area contributed by atoms with Gasteiger partial charge in [0.1, 0.15) is 5.60 Å². The first-order valence-electron chi connectivity index (χ1n) is 8.34. The lowest BCUT2D eigenvalue weighted by molar-refractivity contribution is 0.0235. The average Bonchev–Trinajstić information content (AvgIpc) is 2.55. The minimum atomic E-state index is -0.482. The highest BCUT2D eigenvalue weighted by molar-refractivity contribution is 5.68. The molecule has 1 aromatic carbocycles. The van der Waals surface area contributed by atoms with Crippen LogP contribution in [0.15, 0.2) is 18.2 Å². The molecule has 23 heavy (non-hydrogen) atoms. The molecule has 4 heteroatoms. The molecule has 0 fully saturated rings. The zero-order chi connectivity index (χ0) is 17.4. The Bertz CT molecular complexity index is 582. The molecule has 0 bridgehead atoms. The van der Waals surface area contributed by atoms with Crippen LogP contribution in [0.4, 0.5) is 4.79 Å². The number of carbonyl (C=O) groups excluding carboxylic acids is 1. The van der Waals surface area contributed by atoms with Gasteiger partial charge in [0, 0.05) is 19.1 Å². The van der Waals surface area contributed by atoms with Gasteiger partial charge in [-0.1, -0.05) is 39.0 Å². The Balaban J connectivity index is 2.27. The van der Waals surface area contributed by atoms with Gasteiger partial charge in [-0.15, -0.1) is 0 Å². The number of hydrogen-bond donors (Lipinski definition) is 1. The van der Waals surface area contributed by atoms with Crippen molar-refractivity contribution in [3.63, 3.8) is 0 Å². The second-order valence-corrected chi connectivity index (χ2v) is 8.46. The van der Waals surface area contributed by atoms with E-state index in [9.17, 15) is 4.79 Å². The summed E-state index contributed by atoms with van der Waals surface area (Å²) in [6.45, 7) is 13.4. The predicted molar refractivity (Wildman–Crippen MR) is 93.3 cm³/mol. The van der Waals surface area contributed by atoms with E-state index in [1.807, 2.05) is 20.8 Å². The van der Waals surface area contributed by atoms with Crippen LogP contribution in [0.3, 0.4) is 0 Å². The van der Waals surface area contributed by atoms with Gasteiger partial charge in [0.2, 0.25) is 0 Å². The molecule has 1 amide bonds. The Kier molecular flexibility index (Phi) is 4.76. The molecule has 1 aliphatic heterocycles. The fraction of sp³-hybridized carbons (Fsp3) is 0.632. The van der Waals surface area contributed by atoms with Gasteiger partial charge in [-0.05, 0) is 49.3 Å². The molecule has 2 N–H and O–H groups in total. The molecule has 0 aromatic heterocycles. The van der Waals surface area contributed by atoms with Crippen molar-refractivity contribution >= 4 is 6.09 Å². The fourth-order valence-electron chi connectivity index (χ4n) is 2.77. The molecule has 1 aromatic rings. The summed E-state index contributed by atoms with van der Waals surface area (Å²) >= 11 is 0. The van der Waals surface area contributed by atoms with Crippen LogP contribution in [0.5, 0.6) is 0 Å². The van der Waals surface area contributed by atoms with Crippen LogP contribution in [0.25, 0.3) is 0 Å². The van der Waals surface area contributed by atoms with Crippen molar-refractivity contribution in [3.05, 3.63) is 34.9 Å². The summed E-state index contributed by atoms with van der Waals surface area (Å²) in [4.78, 5) is 14.1. The molecular weight excluding hydrogens is 288 g/mol. The zero-order valence-electron chi connectivity index (χ0n) is 15.3. The Labute approximate surface area is 140 Å². The van der Waals surface area contributed by atoms with Crippen LogP contribution in [-0.4, -0.2) is 23.1 Å². The molecule has 1 heterocycles. The number of nitrogens with zero attached hydrogens (tertiary/aromatic N) is 1. The Hall–Kier alpha value is -1.55. The average molecular weight is 318 g/mol. The van der Waals surface area contributed by atoms with Gasteiger partial charge in [0.25, 0.3) is 0 Å². The second-order valence-electron chi connectivity index (χ2n) is 8.46. The molecule has 1 atom stereocenters. The molecule has 1 aliphatic rings. The number of hydrogen-bond acceptors (Lipinski definition) is 3. The highest BCUT2D eigenvalue weighted by Gasteiger charge is 2.27. The van der Waals surface area contributed by atoms with Gasteiger partial charge in [0.05, 0.1) is 0 Å². The lowest BCUT2D eigenvalue weighted by atomic mass is 9.84. The van der Waals surface area contributed by atoms with Crippen LogP contribution >= 0.6 is 0 Å². The molecule has 0 radical (unpaired) electrons. The lowest BCUT2D eigenvalue weighted by Gasteiger charge is -2.26. The number of rotatable bonds is 0. The van der Waals surface area contributed by atoms with Gasteiger partial charge < -0.3 is 15.4 Å². The molecular formula is C19H30N2O2. The van der Waals surface area contributed by atoms with Gasteiger partial charge >= 0.3 is 6.09 Å². The van der Waals surface area contributed by atoms with E-state index >= 15 is 0 Å².